The van der Waals surface area contributed by atoms with Gasteiger partial charge in [-0.15, -0.1) is 0 Å². The van der Waals surface area contributed by atoms with Crippen molar-refractivity contribution < 1.29 is 0 Å². The molecule has 0 aliphatic rings. The second-order valence-electron chi connectivity index (χ2n) is 5.43. The molecule has 0 amide bonds. The maximum atomic E-state index is 5.34. The average Bonchev–Trinajstić information content (AvgIpc) is 2.46. The van der Waals surface area contributed by atoms with Gasteiger partial charge in [0.05, 0.1) is 12.4 Å². The van der Waals surface area contributed by atoms with Gasteiger partial charge in [0.25, 0.3) is 0 Å². The lowest BCUT2D eigenvalue weighted by Gasteiger charge is -2.27. The molecule has 2 aromatic rings. The van der Waals surface area contributed by atoms with Crippen LogP contribution in [0.3, 0.4) is 0 Å². The second-order valence-corrected chi connectivity index (χ2v) is 5.43. The van der Waals surface area contributed by atoms with E-state index < -0.39 is 0 Å². The van der Waals surface area contributed by atoms with Crippen LogP contribution in [0, 0.1) is 0 Å². The smallest absolute Gasteiger partial charge is 0.160 e. The van der Waals surface area contributed by atoms with E-state index in [-0.39, 0.29) is 5.54 Å². The molecule has 1 aromatic carbocycles. The molecule has 0 unspecified atom stereocenters. The van der Waals surface area contributed by atoms with Crippen LogP contribution in [-0.2, 0) is 6.42 Å². The molecule has 1 aromatic heterocycles. The topological polar surface area (TPSA) is 75.9 Å². The molecule has 0 spiro atoms. The Balaban J connectivity index is 1.96. The standard InChI is InChI=1S/C15H21N5/c1-15(2,9-8-12-6-4-3-5-7-12)19-13-10-17-11-14(18-13)20-16/h3-7,10-11H,8-9,16H2,1-2H3,(H2,18,19,20). The van der Waals surface area contributed by atoms with Crippen molar-refractivity contribution in [3.05, 3.63) is 48.3 Å². The molecule has 0 bridgehead atoms. The molecular weight excluding hydrogens is 250 g/mol. The molecule has 0 fully saturated rings. The summed E-state index contributed by atoms with van der Waals surface area (Å²) < 4.78 is 0. The van der Waals surface area contributed by atoms with Crippen molar-refractivity contribution in [3.8, 4) is 0 Å². The molecule has 0 saturated heterocycles. The summed E-state index contributed by atoms with van der Waals surface area (Å²) in [5.41, 5.74) is 3.76. The molecule has 106 valence electrons. The van der Waals surface area contributed by atoms with E-state index >= 15 is 0 Å². The van der Waals surface area contributed by atoms with E-state index in [1.54, 1.807) is 12.4 Å². The van der Waals surface area contributed by atoms with Crippen molar-refractivity contribution >= 4 is 11.6 Å². The van der Waals surface area contributed by atoms with Gasteiger partial charge >= 0.3 is 0 Å². The molecule has 0 atom stereocenters. The fraction of sp³-hybridized carbons (Fsp3) is 0.333. The second kappa shape index (κ2) is 6.34. The van der Waals surface area contributed by atoms with Gasteiger partial charge in [-0.05, 0) is 32.3 Å². The number of nitrogens with two attached hydrogens (primary N) is 1. The molecule has 5 heteroatoms. The molecule has 1 heterocycles. The normalized spacial score (nSPS) is 11.2. The average molecular weight is 271 g/mol. The summed E-state index contributed by atoms with van der Waals surface area (Å²) in [6.07, 6.45) is 5.30. The Kier molecular flexibility index (Phi) is 4.53. The zero-order valence-electron chi connectivity index (χ0n) is 11.9. The first-order chi connectivity index (χ1) is 9.59. The van der Waals surface area contributed by atoms with E-state index in [4.69, 9.17) is 5.84 Å². The Bertz CT molecular complexity index is 539. The summed E-state index contributed by atoms with van der Waals surface area (Å²) in [7, 11) is 0. The molecule has 0 aliphatic heterocycles. The number of rotatable bonds is 6. The highest BCUT2D eigenvalue weighted by molar-refractivity contribution is 5.42. The van der Waals surface area contributed by atoms with E-state index in [9.17, 15) is 0 Å². The number of hydrazine groups is 1. The van der Waals surface area contributed by atoms with Gasteiger partial charge < -0.3 is 10.7 Å². The van der Waals surface area contributed by atoms with E-state index in [0.29, 0.717) is 5.82 Å². The van der Waals surface area contributed by atoms with Gasteiger partial charge in [-0.2, -0.15) is 0 Å². The zero-order chi connectivity index (χ0) is 14.4. The Morgan fingerprint density at radius 1 is 1.10 bits per heavy atom. The number of hydrogen-bond donors (Lipinski definition) is 3. The Morgan fingerprint density at radius 3 is 2.50 bits per heavy atom. The highest BCUT2D eigenvalue weighted by Gasteiger charge is 2.18. The number of hydrogen-bond acceptors (Lipinski definition) is 5. The van der Waals surface area contributed by atoms with Crippen molar-refractivity contribution in [1.29, 1.82) is 0 Å². The fourth-order valence-electron chi connectivity index (χ4n) is 2.01. The quantitative estimate of drug-likeness (QED) is 0.556. The number of benzene rings is 1. The van der Waals surface area contributed by atoms with Crippen LogP contribution in [0.2, 0.25) is 0 Å². The number of aromatic nitrogens is 2. The minimum absolute atomic E-state index is 0.0717. The first-order valence-corrected chi connectivity index (χ1v) is 6.70. The lowest BCUT2D eigenvalue weighted by atomic mass is 9.95. The van der Waals surface area contributed by atoms with Crippen LogP contribution >= 0.6 is 0 Å². The number of nitrogens with zero attached hydrogens (tertiary/aromatic N) is 2. The molecule has 2 rings (SSSR count). The summed E-state index contributed by atoms with van der Waals surface area (Å²) in [6.45, 7) is 4.31. The van der Waals surface area contributed by atoms with E-state index in [1.807, 2.05) is 6.07 Å². The maximum absolute atomic E-state index is 5.34. The van der Waals surface area contributed by atoms with E-state index in [0.717, 1.165) is 18.7 Å². The van der Waals surface area contributed by atoms with Crippen LogP contribution in [0.25, 0.3) is 0 Å². The minimum atomic E-state index is -0.0717. The molecule has 0 radical (unpaired) electrons. The summed E-state index contributed by atoms with van der Waals surface area (Å²) in [6, 6.07) is 10.5. The van der Waals surface area contributed by atoms with Gasteiger partial charge in [0.1, 0.15) is 5.82 Å². The Hall–Kier alpha value is -2.14. The van der Waals surface area contributed by atoms with Crippen LogP contribution in [0.15, 0.2) is 42.7 Å². The summed E-state index contributed by atoms with van der Waals surface area (Å²) in [5.74, 6) is 6.61. The monoisotopic (exact) mass is 271 g/mol. The van der Waals surface area contributed by atoms with Crippen LogP contribution < -0.4 is 16.6 Å². The van der Waals surface area contributed by atoms with E-state index in [1.165, 1.54) is 5.56 Å². The molecular formula is C15H21N5. The lowest BCUT2D eigenvalue weighted by Crippen LogP contribution is -2.32. The largest absolute Gasteiger partial charge is 0.364 e. The van der Waals surface area contributed by atoms with Gasteiger partial charge in [0.15, 0.2) is 5.82 Å². The van der Waals surface area contributed by atoms with Gasteiger partial charge in [-0.1, -0.05) is 30.3 Å². The molecule has 0 aliphatic carbocycles. The highest BCUT2D eigenvalue weighted by atomic mass is 15.3. The SMILES string of the molecule is CC(C)(CCc1ccccc1)Nc1cncc(NN)n1. The van der Waals surface area contributed by atoms with Crippen LogP contribution in [-0.4, -0.2) is 15.5 Å². The van der Waals surface area contributed by atoms with Crippen LogP contribution in [0.5, 0.6) is 0 Å². The van der Waals surface area contributed by atoms with Crippen LogP contribution in [0.1, 0.15) is 25.8 Å². The molecule has 0 saturated carbocycles. The maximum Gasteiger partial charge on any atom is 0.160 e. The predicted molar refractivity (Wildman–Crippen MR) is 82.3 cm³/mol. The summed E-state index contributed by atoms with van der Waals surface area (Å²) in [5, 5.41) is 3.39. The molecule has 5 nitrogen and oxygen atoms in total. The predicted octanol–water partition coefficient (Wildman–Crippen LogP) is 2.59. The van der Waals surface area contributed by atoms with Gasteiger partial charge in [-0.25, -0.2) is 10.8 Å². The van der Waals surface area contributed by atoms with Gasteiger partial charge in [0.2, 0.25) is 0 Å². The van der Waals surface area contributed by atoms with Crippen molar-refractivity contribution in [2.45, 2.75) is 32.2 Å². The minimum Gasteiger partial charge on any atom is -0.364 e. The van der Waals surface area contributed by atoms with Crippen molar-refractivity contribution in [1.82, 2.24) is 9.97 Å². The van der Waals surface area contributed by atoms with Crippen molar-refractivity contribution in [2.75, 3.05) is 10.7 Å². The van der Waals surface area contributed by atoms with Crippen molar-refractivity contribution in [2.24, 2.45) is 5.84 Å². The summed E-state index contributed by atoms with van der Waals surface area (Å²) in [4.78, 5) is 8.41. The summed E-state index contributed by atoms with van der Waals surface area (Å²) >= 11 is 0. The van der Waals surface area contributed by atoms with Crippen molar-refractivity contribution in [3.63, 3.8) is 0 Å². The third-order valence-electron chi connectivity index (χ3n) is 3.13. The first kappa shape index (κ1) is 14.3. The number of nitrogens with one attached hydrogen (secondary N) is 2. The van der Waals surface area contributed by atoms with E-state index in [2.05, 4.69) is 58.8 Å². The molecule has 4 N–H and O–H groups in total. The zero-order valence-corrected chi connectivity index (χ0v) is 11.9. The van der Waals surface area contributed by atoms with Gasteiger partial charge in [0, 0.05) is 5.54 Å². The molecule has 20 heavy (non-hydrogen) atoms. The number of anilines is 2. The Morgan fingerprint density at radius 2 is 1.80 bits per heavy atom. The highest BCUT2D eigenvalue weighted by Crippen LogP contribution is 2.19. The third kappa shape index (κ3) is 4.20. The third-order valence-corrected chi connectivity index (χ3v) is 3.13. The fourth-order valence-corrected chi connectivity index (χ4v) is 2.01. The van der Waals surface area contributed by atoms with Crippen LogP contribution in [0.4, 0.5) is 11.6 Å². The number of aryl methyl sites for hydroxylation is 1. The van der Waals surface area contributed by atoms with Gasteiger partial charge in [-0.3, -0.25) is 4.98 Å². The first-order valence-electron chi connectivity index (χ1n) is 6.70. The Labute approximate surface area is 119 Å². The lowest BCUT2D eigenvalue weighted by molar-refractivity contribution is 0.516. The number of nitrogen functional groups attached to an aromatic ring is 1.